The van der Waals surface area contributed by atoms with Crippen molar-refractivity contribution in [3.8, 4) is 0 Å². The standard InChI is InChI=1S/C15H21N3O2S2/c1-11(2)15-18-14(10-21-15)9-16-13-6-4-12(5-7-13)8-17-22(3,19)20/h4-7,10-11,16-17H,8-9H2,1-3H3. The molecule has 0 aliphatic rings. The lowest BCUT2D eigenvalue weighted by atomic mass is 10.2. The Hall–Kier alpha value is -1.44. The van der Waals surface area contributed by atoms with Crippen LogP contribution in [0.15, 0.2) is 29.6 Å². The van der Waals surface area contributed by atoms with Gasteiger partial charge in [0.05, 0.1) is 23.5 Å². The first-order chi connectivity index (χ1) is 10.3. The third-order valence-electron chi connectivity index (χ3n) is 3.03. The van der Waals surface area contributed by atoms with E-state index in [2.05, 4.69) is 34.3 Å². The molecule has 0 fully saturated rings. The van der Waals surface area contributed by atoms with Gasteiger partial charge in [-0.1, -0.05) is 26.0 Å². The lowest BCUT2D eigenvalue weighted by Crippen LogP contribution is -2.21. The molecule has 0 bridgehead atoms. The van der Waals surface area contributed by atoms with E-state index >= 15 is 0 Å². The van der Waals surface area contributed by atoms with E-state index in [0.29, 0.717) is 19.0 Å². The first-order valence-corrected chi connectivity index (χ1v) is 9.82. The van der Waals surface area contributed by atoms with Gasteiger partial charge in [0.2, 0.25) is 10.0 Å². The molecule has 0 aliphatic carbocycles. The Morgan fingerprint density at radius 2 is 1.86 bits per heavy atom. The van der Waals surface area contributed by atoms with Gasteiger partial charge in [0.15, 0.2) is 0 Å². The van der Waals surface area contributed by atoms with Crippen LogP contribution in [0.2, 0.25) is 0 Å². The molecular weight excluding hydrogens is 318 g/mol. The third kappa shape index (κ3) is 5.40. The SMILES string of the molecule is CC(C)c1nc(CNc2ccc(CNS(C)(=O)=O)cc2)cs1. The van der Waals surface area contributed by atoms with E-state index < -0.39 is 10.0 Å². The number of aromatic nitrogens is 1. The van der Waals surface area contributed by atoms with Gasteiger partial charge in [0.25, 0.3) is 0 Å². The van der Waals surface area contributed by atoms with Crippen LogP contribution in [0.3, 0.4) is 0 Å². The number of anilines is 1. The Kier molecular flexibility index (Phi) is 5.55. The monoisotopic (exact) mass is 339 g/mol. The second kappa shape index (κ2) is 7.21. The van der Waals surface area contributed by atoms with Crippen molar-refractivity contribution in [2.24, 2.45) is 0 Å². The summed E-state index contributed by atoms with van der Waals surface area (Å²) in [5.74, 6) is 0.459. The molecule has 1 aromatic heterocycles. The van der Waals surface area contributed by atoms with Crippen molar-refractivity contribution >= 4 is 27.0 Å². The van der Waals surface area contributed by atoms with Gasteiger partial charge in [0.1, 0.15) is 0 Å². The van der Waals surface area contributed by atoms with Crippen molar-refractivity contribution in [2.75, 3.05) is 11.6 Å². The number of nitrogens with zero attached hydrogens (tertiary/aromatic N) is 1. The minimum absolute atomic E-state index is 0.308. The van der Waals surface area contributed by atoms with Crippen molar-refractivity contribution in [3.05, 3.63) is 45.9 Å². The minimum atomic E-state index is -3.16. The summed E-state index contributed by atoms with van der Waals surface area (Å²) >= 11 is 1.69. The highest BCUT2D eigenvalue weighted by Gasteiger charge is 2.05. The first kappa shape index (κ1) is 16.9. The number of thiazole rings is 1. The maximum atomic E-state index is 11.1. The van der Waals surface area contributed by atoms with Gasteiger partial charge in [-0.2, -0.15) is 0 Å². The van der Waals surface area contributed by atoms with Gasteiger partial charge in [-0.25, -0.2) is 18.1 Å². The van der Waals surface area contributed by atoms with Crippen LogP contribution in [-0.2, 0) is 23.1 Å². The van der Waals surface area contributed by atoms with E-state index in [1.165, 1.54) is 0 Å². The molecule has 1 aromatic carbocycles. The molecule has 0 atom stereocenters. The number of hydrogen-bond donors (Lipinski definition) is 2. The fourth-order valence-electron chi connectivity index (χ4n) is 1.82. The molecule has 0 amide bonds. The Labute approximate surface area is 135 Å². The molecule has 2 N–H and O–H groups in total. The molecule has 0 aliphatic heterocycles. The predicted molar refractivity (Wildman–Crippen MR) is 91.7 cm³/mol. The predicted octanol–water partition coefficient (Wildman–Crippen LogP) is 2.93. The van der Waals surface area contributed by atoms with Gasteiger partial charge in [-0.05, 0) is 17.7 Å². The van der Waals surface area contributed by atoms with Crippen LogP contribution < -0.4 is 10.0 Å². The second-order valence-corrected chi connectivity index (χ2v) is 8.20. The highest BCUT2D eigenvalue weighted by molar-refractivity contribution is 7.88. The molecular formula is C15H21N3O2S2. The van der Waals surface area contributed by atoms with Gasteiger partial charge < -0.3 is 5.32 Å². The molecule has 2 rings (SSSR count). The van der Waals surface area contributed by atoms with Crippen LogP contribution in [0.1, 0.15) is 36.0 Å². The zero-order chi connectivity index (χ0) is 16.2. The molecule has 0 saturated carbocycles. The summed E-state index contributed by atoms with van der Waals surface area (Å²) in [4.78, 5) is 4.58. The lowest BCUT2D eigenvalue weighted by molar-refractivity contribution is 0.587. The maximum Gasteiger partial charge on any atom is 0.209 e. The van der Waals surface area contributed by atoms with Crippen LogP contribution in [0, 0.1) is 0 Å². The van der Waals surface area contributed by atoms with Crippen LogP contribution in [0.25, 0.3) is 0 Å². The average Bonchev–Trinajstić information content (AvgIpc) is 2.92. The largest absolute Gasteiger partial charge is 0.379 e. The second-order valence-electron chi connectivity index (χ2n) is 5.48. The smallest absolute Gasteiger partial charge is 0.209 e. The van der Waals surface area contributed by atoms with Crippen molar-refractivity contribution in [1.82, 2.24) is 9.71 Å². The third-order valence-corrected chi connectivity index (χ3v) is 4.89. The summed E-state index contributed by atoms with van der Waals surface area (Å²) < 4.78 is 24.6. The van der Waals surface area contributed by atoms with E-state index in [-0.39, 0.29) is 0 Å². The van der Waals surface area contributed by atoms with E-state index in [4.69, 9.17) is 0 Å². The van der Waals surface area contributed by atoms with Crippen molar-refractivity contribution < 1.29 is 8.42 Å². The zero-order valence-electron chi connectivity index (χ0n) is 13.0. The molecule has 0 radical (unpaired) electrons. The fraction of sp³-hybridized carbons (Fsp3) is 0.400. The van der Waals surface area contributed by atoms with E-state index in [0.717, 1.165) is 28.2 Å². The highest BCUT2D eigenvalue weighted by Crippen LogP contribution is 2.20. The van der Waals surface area contributed by atoms with Gasteiger partial charge in [-0.3, -0.25) is 0 Å². The summed E-state index contributed by atoms with van der Waals surface area (Å²) in [5.41, 5.74) is 2.95. The van der Waals surface area contributed by atoms with Crippen LogP contribution >= 0.6 is 11.3 Å². The highest BCUT2D eigenvalue weighted by atomic mass is 32.2. The molecule has 0 unspecified atom stereocenters. The number of benzene rings is 1. The van der Waals surface area contributed by atoms with Crippen LogP contribution in [-0.4, -0.2) is 19.7 Å². The summed E-state index contributed by atoms with van der Waals surface area (Å²) in [6.07, 6.45) is 1.15. The molecule has 5 nitrogen and oxygen atoms in total. The van der Waals surface area contributed by atoms with E-state index in [1.807, 2.05) is 24.3 Å². The Morgan fingerprint density at radius 1 is 1.18 bits per heavy atom. The summed E-state index contributed by atoms with van der Waals surface area (Å²) in [5, 5.41) is 6.55. The van der Waals surface area contributed by atoms with E-state index in [9.17, 15) is 8.42 Å². The number of hydrogen-bond acceptors (Lipinski definition) is 5. The number of sulfonamides is 1. The molecule has 0 spiro atoms. The summed E-state index contributed by atoms with van der Waals surface area (Å²) in [6.45, 7) is 5.27. The molecule has 7 heteroatoms. The lowest BCUT2D eigenvalue weighted by Gasteiger charge is -2.07. The molecule has 1 heterocycles. The Morgan fingerprint density at radius 3 is 2.41 bits per heavy atom. The van der Waals surface area contributed by atoms with E-state index in [1.54, 1.807) is 11.3 Å². The summed E-state index contributed by atoms with van der Waals surface area (Å²) in [6, 6.07) is 7.69. The summed E-state index contributed by atoms with van der Waals surface area (Å²) in [7, 11) is -3.16. The Bertz CT molecular complexity index is 707. The minimum Gasteiger partial charge on any atom is -0.379 e. The van der Waals surface area contributed by atoms with Gasteiger partial charge in [-0.15, -0.1) is 11.3 Å². The molecule has 2 aromatic rings. The maximum absolute atomic E-state index is 11.1. The quantitative estimate of drug-likeness (QED) is 0.813. The molecule has 120 valence electrons. The topological polar surface area (TPSA) is 71.1 Å². The fourth-order valence-corrected chi connectivity index (χ4v) is 3.08. The van der Waals surface area contributed by atoms with Crippen molar-refractivity contribution in [2.45, 2.75) is 32.9 Å². The molecule has 22 heavy (non-hydrogen) atoms. The van der Waals surface area contributed by atoms with Crippen LogP contribution in [0.5, 0.6) is 0 Å². The number of rotatable bonds is 7. The Balaban J connectivity index is 1.88. The van der Waals surface area contributed by atoms with Crippen molar-refractivity contribution in [3.63, 3.8) is 0 Å². The van der Waals surface area contributed by atoms with Gasteiger partial charge >= 0.3 is 0 Å². The number of nitrogens with one attached hydrogen (secondary N) is 2. The zero-order valence-corrected chi connectivity index (χ0v) is 14.6. The normalized spacial score (nSPS) is 11.8. The first-order valence-electron chi connectivity index (χ1n) is 7.05. The van der Waals surface area contributed by atoms with Crippen molar-refractivity contribution in [1.29, 1.82) is 0 Å². The molecule has 0 saturated heterocycles. The average molecular weight is 339 g/mol. The van der Waals surface area contributed by atoms with Gasteiger partial charge in [0, 0.05) is 23.5 Å². The van der Waals surface area contributed by atoms with Crippen LogP contribution in [0.4, 0.5) is 5.69 Å².